The molecule has 0 unspecified atom stereocenters. The molecule has 0 aliphatic heterocycles. The van der Waals surface area contributed by atoms with Gasteiger partial charge in [-0.15, -0.1) is 0 Å². The first-order chi connectivity index (χ1) is 15.0. The quantitative estimate of drug-likeness (QED) is 0.243. The predicted octanol–water partition coefficient (Wildman–Crippen LogP) is 4.34. The van der Waals surface area contributed by atoms with E-state index in [4.69, 9.17) is 10.00 Å². The molecular weight excluding hydrogens is 573 g/mol. The van der Waals surface area contributed by atoms with Gasteiger partial charge in [0.15, 0.2) is 12.2 Å². The first-order valence-electron chi connectivity index (χ1n) is 9.12. The number of carbonyl (C=O) groups is 1. The van der Waals surface area contributed by atoms with Crippen molar-refractivity contribution in [2.24, 2.45) is 5.10 Å². The molecule has 31 heavy (non-hydrogen) atoms. The lowest BCUT2D eigenvalue weighted by atomic mass is 9.85. The van der Waals surface area contributed by atoms with E-state index in [1.165, 1.54) is 6.21 Å². The first-order valence-corrected chi connectivity index (χ1v) is 11.0. The highest BCUT2D eigenvalue weighted by Crippen LogP contribution is 2.32. The van der Waals surface area contributed by atoms with Crippen molar-refractivity contribution in [1.82, 2.24) is 5.43 Å². The van der Waals surface area contributed by atoms with Crippen molar-refractivity contribution in [2.75, 3.05) is 6.61 Å². The molecule has 0 fully saturated rings. The SMILES string of the molecule is N#CCOc1c(Br)cc(/C=N/NC(=O)C(O)(c2ccccc2)c2ccccc2)cc1I. The number of nitrogens with zero attached hydrogens (tertiary/aromatic N) is 2. The molecule has 0 bridgehead atoms. The molecule has 3 aromatic rings. The third kappa shape index (κ3) is 5.31. The van der Waals surface area contributed by atoms with Crippen molar-refractivity contribution in [3.8, 4) is 11.8 Å². The first kappa shape index (κ1) is 22.9. The number of amides is 1. The third-order valence-corrected chi connectivity index (χ3v) is 5.78. The van der Waals surface area contributed by atoms with Crippen LogP contribution in [0.4, 0.5) is 0 Å². The van der Waals surface area contributed by atoms with Crippen LogP contribution in [0.25, 0.3) is 0 Å². The van der Waals surface area contributed by atoms with Gasteiger partial charge in [-0.2, -0.15) is 10.4 Å². The predicted molar refractivity (Wildman–Crippen MR) is 130 cm³/mol. The fourth-order valence-electron chi connectivity index (χ4n) is 2.93. The van der Waals surface area contributed by atoms with Crippen LogP contribution < -0.4 is 10.2 Å². The van der Waals surface area contributed by atoms with E-state index < -0.39 is 11.5 Å². The molecule has 3 rings (SSSR count). The number of hydrogen-bond acceptors (Lipinski definition) is 5. The van der Waals surface area contributed by atoms with Crippen LogP contribution in [0.5, 0.6) is 5.75 Å². The molecule has 0 radical (unpaired) electrons. The summed E-state index contributed by atoms with van der Waals surface area (Å²) in [7, 11) is 0. The smallest absolute Gasteiger partial charge is 0.281 e. The van der Waals surface area contributed by atoms with Gasteiger partial charge in [-0.3, -0.25) is 4.79 Å². The van der Waals surface area contributed by atoms with E-state index in [0.29, 0.717) is 26.9 Å². The zero-order chi connectivity index (χ0) is 22.3. The third-order valence-electron chi connectivity index (χ3n) is 4.39. The molecule has 0 atom stereocenters. The zero-order valence-electron chi connectivity index (χ0n) is 16.1. The Hall–Kier alpha value is -2.74. The minimum atomic E-state index is -1.90. The maximum atomic E-state index is 13.0. The van der Waals surface area contributed by atoms with Gasteiger partial charge in [-0.05, 0) is 67.3 Å². The Morgan fingerprint density at radius 2 is 1.74 bits per heavy atom. The molecule has 0 spiro atoms. The van der Waals surface area contributed by atoms with Crippen LogP contribution in [-0.2, 0) is 10.4 Å². The summed E-state index contributed by atoms with van der Waals surface area (Å²) in [6, 6.07) is 22.9. The van der Waals surface area contributed by atoms with E-state index in [2.05, 4.69) is 49.0 Å². The average molecular weight is 590 g/mol. The Labute approximate surface area is 201 Å². The normalized spacial score (nSPS) is 11.2. The maximum Gasteiger partial charge on any atom is 0.281 e. The minimum absolute atomic E-state index is 0.0599. The van der Waals surface area contributed by atoms with Crippen LogP contribution in [-0.4, -0.2) is 23.8 Å². The van der Waals surface area contributed by atoms with Crippen molar-refractivity contribution in [3.63, 3.8) is 0 Å². The lowest BCUT2D eigenvalue weighted by molar-refractivity contribution is -0.136. The second-order valence-corrected chi connectivity index (χ2v) is 8.42. The molecular formula is C23H17BrIN3O3. The van der Waals surface area contributed by atoms with Gasteiger partial charge in [0.25, 0.3) is 5.91 Å². The molecule has 0 aliphatic carbocycles. The van der Waals surface area contributed by atoms with Crippen molar-refractivity contribution in [3.05, 3.63) is 97.5 Å². The van der Waals surface area contributed by atoms with Crippen molar-refractivity contribution in [1.29, 1.82) is 5.26 Å². The molecule has 6 nitrogen and oxygen atoms in total. The largest absolute Gasteiger partial charge is 0.476 e. The zero-order valence-corrected chi connectivity index (χ0v) is 19.9. The van der Waals surface area contributed by atoms with E-state index in [1.807, 2.05) is 18.2 Å². The van der Waals surface area contributed by atoms with Crippen molar-refractivity contribution in [2.45, 2.75) is 5.60 Å². The molecule has 3 aromatic carbocycles. The van der Waals surface area contributed by atoms with Gasteiger partial charge in [0, 0.05) is 0 Å². The van der Waals surface area contributed by atoms with E-state index in [9.17, 15) is 9.90 Å². The van der Waals surface area contributed by atoms with Crippen LogP contribution in [0.1, 0.15) is 16.7 Å². The van der Waals surface area contributed by atoms with E-state index >= 15 is 0 Å². The number of halogens is 2. The fraction of sp³-hybridized carbons (Fsp3) is 0.0870. The second kappa shape index (κ2) is 10.5. The highest BCUT2D eigenvalue weighted by molar-refractivity contribution is 14.1. The molecule has 8 heteroatoms. The van der Waals surface area contributed by atoms with E-state index in [0.717, 1.165) is 3.57 Å². The Kier molecular flexibility index (Phi) is 7.79. The number of carbonyl (C=O) groups excluding carboxylic acids is 1. The van der Waals surface area contributed by atoms with Gasteiger partial charge in [-0.25, -0.2) is 5.43 Å². The van der Waals surface area contributed by atoms with Gasteiger partial charge in [0.2, 0.25) is 0 Å². The number of aliphatic hydroxyl groups is 1. The number of hydrazone groups is 1. The number of nitrogens with one attached hydrogen (secondary N) is 1. The van der Waals surface area contributed by atoms with E-state index in [1.54, 1.807) is 60.7 Å². The minimum Gasteiger partial charge on any atom is -0.476 e. The highest BCUT2D eigenvalue weighted by atomic mass is 127. The highest BCUT2D eigenvalue weighted by Gasteiger charge is 2.39. The molecule has 0 saturated heterocycles. The van der Waals surface area contributed by atoms with Crippen molar-refractivity contribution < 1.29 is 14.6 Å². The Bertz CT molecular complexity index is 1070. The summed E-state index contributed by atoms with van der Waals surface area (Å²) >= 11 is 5.50. The molecule has 0 aromatic heterocycles. The number of benzene rings is 3. The molecule has 2 N–H and O–H groups in total. The fourth-order valence-corrected chi connectivity index (χ4v) is 4.70. The summed E-state index contributed by atoms with van der Waals surface area (Å²) in [5.41, 5.74) is 2.11. The van der Waals surface area contributed by atoms with Crippen molar-refractivity contribution >= 4 is 50.6 Å². The molecule has 0 saturated carbocycles. The van der Waals surface area contributed by atoms with Crippen LogP contribution in [0.3, 0.4) is 0 Å². The summed E-state index contributed by atoms with van der Waals surface area (Å²) < 4.78 is 6.83. The standard InChI is InChI=1S/C23H17BrIN3O3/c24-19-13-16(14-20(25)21(19)31-12-11-26)15-27-28-22(29)23(30,17-7-3-1-4-8-17)18-9-5-2-6-10-18/h1-10,13-15,30H,12H2,(H,28,29)/b27-15+. The molecule has 1 amide bonds. The topological polar surface area (TPSA) is 94.7 Å². The monoisotopic (exact) mass is 589 g/mol. The van der Waals surface area contributed by atoms with Crippen LogP contribution in [0, 0.1) is 14.9 Å². The van der Waals surface area contributed by atoms with Gasteiger partial charge in [0.1, 0.15) is 11.8 Å². The number of hydrogen-bond donors (Lipinski definition) is 2. The van der Waals surface area contributed by atoms with Gasteiger partial charge in [0.05, 0.1) is 14.3 Å². The summed E-state index contributed by atoms with van der Waals surface area (Å²) in [6.07, 6.45) is 1.47. The Morgan fingerprint density at radius 1 is 1.16 bits per heavy atom. The Morgan fingerprint density at radius 3 is 2.26 bits per heavy atom. The summed E-state index contributed by atoms with van der Waals surface area (Å²) in [5, 5.41) is 24.1. The Balaban J connectivity index is 1.84. The van der Waals surface area contributed by atoms with E-state index in [-0.39, 0.29) is 6.61 Å². The summed E-state index contributed by atoms with van der Waals surface area (Å²) in [6.45, 7) is -0.0599. The summed E-state index contributed by atoms with van der Waals surface area (Å²) in [4.78, 5) is 13.0. The number of ether oxygens (including phenoxy) is 1. The van der Waals surface area contributed by atoms with Gasteiger partial charge >= 0.3 is 0 Å². The van der Waals surface area contributed by atoms with Gasteiger partial charge in [-0.1, -0.05) is 60.7 Å². The van der Waals surface area contributed by atoms with Crippen LogP contribution in [0.2, 0.25) is 0 Å². The molecule has 0 heterocycles. The molecule has 156 valence electrons. The summed E-state index contributed by atoms with van der Waals surface area (Å²) in [5.74, 6) is -0.116. The molecule has 0 aliphatic rings. The number of nitriles is 1. The second-order valence-electron chi connectivity index (χ2n) is 6.40. The van der Waals surface area contributed by atoms with Crippen LogP contribution >= 0.6 is 38.5 Å². The maximum absolute atomic E-state index is 13.0. The number of rotatable bonds is 7. The lowest BCUT2D eigenvalue weighted by Crippen LogP contribution is -2.43. The van der Waals surface area contributed by atoms with Crippen LogP contribution in [0.15, 0.2) is 82.4 Å². The average Bonchev–Trinajstić information content (AvgIpc) is 2.79. The lowest BCUT2D eigenvalue weighted by Gasteiger charge is -2.27. The van der Waals surface area contributed by atoms with Gasteiger partial charge < -0.3 is 9.84 Å².